The standard InChI is InChI=1S/C43H43N.C7H8/c1-7-28(2)39(25-33-27-44(34-18-12-9-13-19-34)42-29(3)15-14-20-36(33)42)35-23-24-38-37-22-21-32(31-16-10-8-11-17-31)26-40(37)43(5,6)41(38)30(35)4;1-7-5-3-2-4-6-7/h7-14,16-24,26,29,33H,1,15,25,27H2,2-6H3;2-6H,1H3/b39-28+;. The van der Waals surface area contributed by atoms with E-state index < -0.39 is 0 Å². The minimum absolute atomic E-state index is 0.0859. The molecule has 51 heavy (non-hydrogen) atoms. The molecule has 1 heteroatoms. The topological polar surface area (TPSA) is 3.24 Å². The van der Waals surface area contributed by atoms with Crippen LogP contribution in [0.3, 0.4) is 0 Å². The molecule has 0 fully saturated rings. The molecule has 0 saturated heterocycles. The van der Waals surface area contributed by atoms with Crippen LogP contribution in [0.25, 0.3) is 27.8 Å². The van der Waals surface area contributed by atoms with Crippen LogP contribution >= 0.6 is 0 Å². The number of hydrogen-bond acceptors (Lipinski definition) is 1. The van der Waals surface area contributed by atoms with Crippen LogP contribution in [0.1, 0.15) is 68.4 Å². The highest BCUT2D eigenvalue weighted by atomic mass is 15.2. The van der Waals surface area contributed by atoms with Gasteiger partial charge in [-0.15, -0.1) is 0 Å². The lowest BCUT2D eigenvalue weighted by molar-refractivity contribution is 0.654. The fourth-order valence-corrected chi connectivity index (χ4v) is 8.79. The van der Waals surface area contributed by atoms with Crippen LogP contribution in [-0.4, -0.2) is 6.54 Å². The van der Waals surface area contributed by atoms with Crippen molar-refractivity contribution in [3.05, 3.63) is 191 Å². The normalized spacial score (nSPS) is 18.7. The van der Waals surface area contributed by atoms with Gasteiger partial charge in [-0.3, -0.25) is 0 Å². The molecule has 1 nitrogen and oxygen atoms in total. The molecular formula is C50H51N. The van der Waals surface area contributed by atoms with Gasteiger partial charge >= 0.3 is 0 Å². The van der Waals surface area contributed by atoms with Gasteiger partial charge in [0.1, 0.15) is 0 Å². The summed E-state index contributed by atoms with van der Waals surface area (Å²) in [4.78, 5) is 2.59. The molecule has 5 aromatic rings. The van der Waals surface area contributed by atoms with Crippen molar-refractivity contribution in [2.24, 2.45) is 11.8 Å². The average molecular weight is 666 g/mol. The maximum atomic E-state index is 4.25. The monoisotopic (exact) mass is 665 g/mol. The second-order valence-corrected chi connectivity index (χ2v) is 15.2. The second kappa shape index (κ2) is 14.2. The summed E-state index contributed by atoms with van der Waals surface area (Å²) in [5, 5.41) is 0. The fourth-order valence-electron chi connectivity index (χ4n) is 8.79. The Labute approximate surface area is 306 Å². The highest BCUT2D eigenvalue weighted by molar-refractivity contribution is 5.87. The molecule has 1 aliphatic heterocycles. The summed E-state index contributed by atoms with van der Waals surface area (Å²) >= 11 is 0. The lowest BCUT2D eigenvalue weighted by Crippen LogP contribution is -2.24. The predicted octanol–water partition coefficient (Wildman–Crippen LogP) is 13.3. The number of nitrogens with zero attached hydrogens (tertiary/aromatic N) is 1. The molecular weight excluding hydrogens is 615 g/mol. The number of aryl methyl sites for hydroxylation is 1. The summed E-state index contributed by atoms with van der Waals surface area (Å²) in [5.74, 6) is 0.954. The molecule has 256 valence electrons. The summed E-state index contributed by atoms with van der Waals surface area (Å²) in [6.45, 7) is 19.2. The lowest BCUT2D eigenvalue weighted by atomic mass is 9.77. The first-order valence-electron chi connectivity index (χ1n) is 18.6. The zero-order valence-corrected chi connectivity index (χ0v) is 31.2. The van der Waals surface area contributed by atoms with Gasteiger partial charge < -0.3 is 4.90 Å². The number of benzene rings is 5. The van der Waals surface area contributed by atoms with E-state index in [2.05, 4.69) is 174 Å². The molecule has 0 N–H and O–H groups in total. The third-order valence-corrected chi connectivity index (χ3v) is 11.4. The van der Waals surface area contributed by atoms with Crippen molar-refractivity contribution in [1.82, 2.24) is 0 Å². The largest absolute Gasteiger partial charge is 0.344 e. The van der Waals surface area contributed by atoms with Gasteiger partial charge in [0, 0.05) is 35.2 Å². The zero-order valence-electron chi connectivity index (χ0n) is 31.2. The molecule has 0 bridgehead atoms. The van der Waals surface area contributed by atoms with Gasteiger partial charge in [-0.05, 0) is 113 Å². The first-order valence-corrected chi connectivity index (χ1v) is 18.6. The zero-order chi connectivity index (χ0) is 35.7. The molecule has 2 atom stereocenters. The van der Waals surface area contributed by atoms with Crippen LogP contribution in [0.15, 0.2) is 163 Å². The Hall–Kier alpha value is -5.14. The van der Waals surface area contributed by atoms with Gasteiger partial charge in [0.05, 0.1) is 0 Å². The summed E-state index contributed by atoms with van der Waals surface area (Å²) in [6.07, 6.45) is 8.98. The summed E-state index contributed by atoms with van der Waals surface area (Å²) in [6, 6.07) is 43.8. The Morgan fingerprint density at radius 3 is 2.10 bits per heavy atom. The van der Waals surface area contributed by atoms with Crippen LogP contribution in [0.5, 0.6) is 0 Å². The molecule has 2 unspecified atom stereocenters. The smallest absolute Gasteiger partial charge is 0.0408 e. The number of para-hydroxylation sites is 1. The van der Waals surface area contributed by atoms with Crippen LogP contribution < -0.4 is 4.90 Å². The fraction of sp³-hybridized carbons (Fsp3) is 0.240. The predicted molar refractivity (Wildman–Crippen MR) is 220 cm³/mol. The number of anilines is 1. The first-order chi connectivity index (χ1) is 24.7. The quantitative estimate of drug-likeness (QED) is 0.163. The number of rotatable bonds is 6. The summed E-state index contributed by atoms with van der Waals surface area (Å²) in [5.41, 5.74) is 19.2. The van der Waals surface area contributed by atoms with Crippen molar-refractivity contribution in [2.45, 2.75) is 59.8 Å². The van der Waals surface area contributed by atoms with Crippen LogP contribution in [0, 0.1) is 25.7 Å². The minimum atomic E-state index is -0.0859. The van der Waals surface area contributed by atoms with Crippen molar-refractivity contribution in [2.75, 3.05) is 11.4 Å². The molecule has 2 aliphatic carbocycles. The van der Waals surface area contributed by atoms with Crippen LogP contribution in [0.2, 0.25) is 0 Å². The van der Waals surface area contributed by atoms with Gasteiger partial charge in [0.2, 0.25) is 0 Å². The molecule has 0 aromatic heterocycles. The third kappa shape index (κ3) is 6.47. The van der Waals surface area contributed by atoms with E-state index in [1.54, 1.807) is 0 Å². The van der Waals surface area contributed by atoms with E-state index in [1.165, 1.54) is 78.2 Å². The molecule has 1 heterocycles. The molecule has 8 rings (SSSR count). The second-order valence-electron chi connectivity index (χ2n) is 15.2. The maximum Gasteiger partial charge on any atom is 0.0408 e. The van der Waals surface area contributed by atoms with Gasteiger partial charge in [0.25, 0.3) is 0 Å². The molecule has 0 saturated carbocycles. The van der Waals surface area contributed by atoms with E-state index in [9.17, 15) is 0 Å². The van der Waals surface area contributed by atoms with E-state index in [1.807, 2.05) is 18.2 Å². The Bertz CT molecular complexity index is 2140. The average Bonchev–Trinajstić information content (AvgIpc) is 3.64. The lowest BCUT2D eigenvalue weighted by Gasteiger charge is -2.28. The highest BCUT2D eigenvalue weighted by Crippen LogP contribution is 2.53. The van der Waals surface area contributed by atoms with Crippen molar-refractivity contribution >= 4 is 11.3 Å². The number of fused-ring (bicyclic) bond motifs is 3. The molecule has 5 aromatic carbocycles. The van der Waals surface area contributed by atoms with E-state index in [4.69, 9.17) is 0 Å². The van der Waals surface area contributed by atoms with Crippen molar-refractivity contribution in [1.29, 1.82) is 0 Å². The molecule has 3 aliphatic rings. The van der Waals surface area contributed by atoms with Crippen LogP contribution in [-0.2, 0) is 5.41 Å². The van der Waals surface area contributed by atoms with Crippen molar-refractivity contribution < 1.29 is 0 Å². The van der Waals surface area contributed by atoms with Crippen LogP contribution in [0.4, 0.5) is 5.69 Å². The highest BCUT2D eigenvalue weighted by Gasteiger charge is 2.39. The molecule has 0 spiro atoms. The van der Waals surface area contributed by atoms with Crippen molar-refractivity contribution in [3.63, 3.8) is 0 Å². The Balaban J connectivity index is 0.000000520. The molecule has 0 amide bonds. The van der Waals surface area contributed by atoms with Crippen molar-refractivity contribution in [3.8, 4) is 22.3 Å². The Morgan fingerprint density at radius 2 is 1.45 bits per heavy atom. The molecule has 0 radical (unpaired) electrons. The Morgan fingerprint density at radius 1 is 0.804 bits per heavy atom. The van der Waals surface area contributed by atoms with Gasteiger partial charge in [-0.25, -0.2) is 0 Å². The number of allylic oxidation sites excluding steroid dienone is 6. The maximum absolute atomic E-state index is 4.25. The SMILES string of the molecule is C=C/C(C)=C(\CC1CN(c2ccccc2)C2=C1C=CCC2C)c1ccc2c(c1C)C(C)(C)c1cc(-c3ccccc3)ccc1-2.Cc1ccccc1. The van der Waals surface area contributed by atoms with E-state index in [0.29, 0.717) is 11.8 Å². The summed E-state index contributed by atoms with van der Waals surface area (Å²) < 4.78 is 0. The van der Waals surface area contributed by atoms with E-state index >= 15 is 0 Å². The minimum Gasteiger partial charge on any atom is -0.344 e. The van der Waals surface area contributed by atoms with E-state index in [-0.39, 0.29) is 5.41 Å². The number of hydrogen-bond donors (Lipinski definition) is 0. The van der Waals surface area contributed by atoms with Gasteiger partial charge in [-0.1, -0.05) is 154 Å². The first kappa shape index (κ1) is 34.3. The third-order valence-electron chi connectivity index (χ3n) is 11.4. The van der Waals surface area contributed by atoms with Gasteiger partial charge in [-0.2, -0.15) is 0 Å². The Kier molecular flexibility index (Phi) is 9.58. The summed E-state index contributed by atoms with van der Waals surface area (Å²) in [7, 11) is 0. The van der Waals surface area contributed by atoms with E-state index in [0.717, 1.165) is 19.4 Å². The van der Waals surface area contributed by atoms with Gasteiger partial charge in [0.15, 0.2) is 0 Å².